The number of phenolic OH excluding ortho intramolecular Hbond substituents is 1. The fourth-order valence-corrected chi connectivity index (χ4v) is 2.44. The lowest BCUT2D eigenvalue weighted by atomic mass is 9.89. The summed E-state index contributed by atoms with van der Waals surface area (Å²) in [5, 5.41) is 12.5. The maximum Gasteiger partial charge on any atom is 0.326 e. The van der Waals surface area contributed by atoms with Gasteiger partial charge in [-0.25, -0.2) is 0 Å². The number of hydrogen-bond donors (Lipinski definition) is 2. The first kappa shape index (κ1) is 12.9. The smallest absolute Gasteiger partial charge is 0.326 e. The molecule has 0 aromatic heterocycles. The van der Waals surface area contributed by atoms with Gasteiger partial charge in [0.15, 0.2) is 0 Å². The number of carbonyl (C=O) groups is 1. The number of carbonyl (C=O) groups excluding carboxylic acids is 1. The van der Waals surface area contributed by atoms with Crippen molar-refractivity contribution in [1.82, 2.24) is 5.32 Å². The van der Waals surface area contributed by atoms with Crippen molar-refractivity contribution in [3.05, 3.63) is 29.8 Å². The molecule has 0 amide bonds. The van der Waals surface area contributed by atoms with Gasteiger partial charge in [0.05, 0.1) is 6.61 Å². The van der Waals surface area contributed by atoms with Crippen molar-refractivity contribution in [3.8, 4) is 5.75 Å². The zero-order chi connectivity index (χ0) is 13.0. The quantitative estimate of drug-likeness (QED) is 0.796. The molecule has 4 nitrogen and oxygen atoms in total. The van der Waals surface area contributed by atoms with Gasteiger partial charge in [-0.05, 0) is 44.0 Å². The lowest BCUT2D eigenvalue weighted by Crippen LogP contribution is -2.50. The van der Waals surface area contributed by atoms with E-state index in [1.165, 1.54) is 0 Å². The van der Waals surface area contributed by atoms with E-state index in [1.807, 2.05) is 19.1 Å². The van der Waals surface area contributed by atoms with Crippen molar-refractivity contribution in [2.75, 3.05) is 13.2 Å². The number of esters is 1. The largest absolute Gasteiger partial charge is 0.508 e. The van der Waals surface area contributed by atoms with Gasteiger partial charge in [-0.15, -0.1) is 0 Å². The number of hydrogen-bond acceptors (Lipinski definition) is 4. The van der Waals surface area contributed by atoms with Crippen LogP contribution in [0.1, 0.15) is 25.3 Å². The zero-order valence-corrected chi connectivity index (χ0v) is 10.6. The van der Waals surface area contributed by atoms with Crippen LogP contribution in [0.15, 0.2) is 24.3 Å². The number of phenols is 1. The van der Waals surface area contributed by atoms with Gasteiger partial charge in [0.1, 0.15) is 11.3 Å². The van der Waals surface area contributed by atoms with Crippen molar-refractivity contribution >= 4 is 5.97 Å². The van der Waals surface area contributed by atoms with Crippen molar-refractivity contribution < 1.29 is 14.6 Å². The van der Waals surface area contributed by atoms with E-state index in [-0.39, 0.29) is 11.7 Å². The first-order valence-electron chi connectivity index (χ1n) is 6.36. The first-order valence-corrected chi connectivity index (χ1v) is 6.36. The molecule has 4 heteroatoms. The average molecular weight is 249 g/mol. The highest BCUT2D eigenvalue weighted by Gasteiger charge is 2.42. The lowest BCUT2D eigenvalue weighted by molar-refractivity contribution is -0.150. The second-order valence-corrected chi connectivity index (χ2v) is 4.68. The van der Waals surface area contributed by atoms with Crippen molar-refractivity contribution in [2.45, 2.75) is 31.7 Å². The maximum atomic E-state index is 12.1. The fourth-order valence-electron chi connectivity index (χ4n) is 2.44. The molecular weight excluding hydrogens is 230 g/mol. The van der Waals surface area contributed by atoms with Crippen molar-refractivity contribution in [2.24, 2.45) is 0 Å². The highest BCUT2D eigenvalue weighted by Crippen LogP contribution is 2.26. The van der Waals surface area contributed by atoms with Crippen LogP contribution in [-0.2, 0) is 16.0 Å². The Balaban J connectivity index is 2.15. The van der Waals surface area contributed by atoms with Gasteiger partial charge in [0, 0.05) is 6.42 Å². The number of aromatic hydroxyl groups is 1. The Morgan fingerprint density at radius 2 is 2.17 bits per heavy atom. The summed E-state index contributed by atoms with van der Waals surface area (Å²) in [7, 11) is 0. The summed E-state index contributed by atoms with van der Waals surface area (Å²) in [6, 6.07) is 6.97. The molecule has 0 spiro atoms. The molecule has 1 aromatic rings. The third-order valence-electron chi connectivity index (χ3n) is 3.35. The van der Waals surface area contributed by atoms with E-state index in [0.29, 0.717) is 13.0 Å². The summed E-state index contributed by atoms with van der Waals surface area (Å²) in [5.41, 5.74) is 0.433. The molecule has 0 saturated carbocycles. The van der Waals surface area contributed by atoms with E-state index in [4.69, 9.17) is 4.74 Å². The van der Waals surface area contributed by atoms with Gasteiger partial charge in [0.2, 0.25) is 0 Å². The van der Waals surface area contributed by atoms with Crippen LogP contribution in [0.2, 0.25) is 0 Å². The van der Waals surface area contributed by atoms with Crippen molar-refractivity contribution in [1.29, 1.82) is 0 Å². The lowest BCUT2D eigenvalue weighted by Gasteiger charge is -2.27. The molecule has 1 aliphatic heterocycles. The fraction of sp³-hybridized carbons (Fsp3) is 0.500. The summed E-state index contributed by atoms with van der Waals surface area (Å²) in [6.07, 6.45) is 2.38. The van der Waals surface area contributed by atoms with E-state index in [9.17, 15) is 9.90 Å². The third-order valence-corrected chi connectivity index (χ3v) is 3.35. The topological polar surface area (TPSA) is 58.6 Å². The molecule has 1 atom stereocenters. The molecule has 2 rings (SSSR count). The molecule has 1 fully saturated rings. The van der Waals surface area contributed by atoms with Gasteiger partial charge in [-0.3, -0.25) is 4.79 Å². The molecule has 98 valence electrons. The van der Waals surface area contributed by atoms with Gasteiger partial charge < -0.3 is 15.2 Å². The molecule has 0 radical (unpaired) electrons. The van der Waals surface area contributed by atoms with Crippen molar-refractivity contribution in [3.63, 3.8) is 0 Å². The summed E-state index contributed by atoms with van der Waals surface area (Å²) in [5.74, 6) is 0.0684. The average Bonchev–Trinajstić information content (AvgIpc) is 2.82. The van der Waals surface area contributed by atoms with Gasteiger partial charge in [-0.1, -0.05) is 12.1 Å². The molecule has 1 aliphatic rings. The molecule has 2 N–H and O–H groups in total. The minimum atomic E-state index is -0.590. The van der Waals surface area contributed by atoms with E-state index < -0.39 is 5.54 Å². The molecule has 0 bridgehead atoms. The van der Waals surface area contributed by atoms with E-state index >= 15 is 0 Å². The number of benzene rings is 1. The number of rotatable bonds is 4. The van der Waals surface area contributed by atoms with Crippen LogP contribution >= 0.6 is 0 Å². The Labute approximate surface area is 107 Å². The number of nitrogens with one attached hydrogen (secondary N) is 1. The highest BCUT2D eigenvalue weighted by atomic mass is 16.5. The second kappa shape index (κ2) is 5.40. The molecular formula is C14H19NO3. The standard InChI is InChI=1S/C14H19NO3/c1-2-18-13(17)14(8-3-9-15-14)10-11-4-6-12(16)7-5-11/h4-7,15-16H,2-3,8-10H2,1H3. The SMILES string of the molecule is CCOC(=O)C1(Cc2ccc(O)cc2)CCCN1. The Hall–Kier alpha value is -1.55. The Kier molecular flexibility index (Phi) is 3.87. The maximum absolute atomic E-state index is 12.1. The molecule has 18 heavy (non-hydrogen) atoms. The molecule has 1 heterocycles. The summed E-state index contributed by atoms with van der Waals surface area (Å²) >= 11 is 0. The minimum Gasteiger partial charge on any atom is -0.508 e. The highest BCUT2D eigenvalue weighted by molar-refractivity contribution is 5.81. The Morgan fingerprint density at radius 1 is 1.44 bits per heavy atom. The molecule has 1 unspecified atom stereocenters. The molecule has 1 aromatic carbocycles. The predicted molar refractivity (Wildman–Crippen MR) is 68.4 cm³/mol. The van der Waals surface area contributed by atoms with E-state index in [0.717, 1.165) is 24.9 Å². The molecule has 0 aliphatic carbocycles. The van der Waals surface area contributed by atoms with Crippen LogP contribution in [-0.4, -0.2) is 29.8 Å². The monoisotopic (exact) mass is 249 g/mol. The first-order chi connectivity index (χ1) is 8.66. The third kappa shape index (κ3) is 2.64. The summed E-state index contributed by atoms with van der Waals surface area (Å²) in [4.78, 5) is 12.1. The predicted octanol–water partition coefficient (Wildman–Crippen LogP) is 1.62. The van der Waals surface area contributed by atoms with Gasteiger partial charge in [0.25, 0.3) is 0 Å². The van der Waals surface area contributed by atoms with Crippen LogP contribution < -0.4 is 5.32 Å². The van der Waals surface area contributed by atoms with E-state index in [1.54, 1.807) is 12.1 Å². The van der Waals surface area contributed by atoms with Gasteiger partial charge >= 0.3 is 5.97 Å². The van der Waals surface area contributed by atoms with E-state index in [2.05, 4.69) is 5.32 Å². The minimum absolute atomic E-state index is 0.171. The van der Waals surface area contributed by atoms with Crippen LogP contribution in [0, 0.1) is 0 Å². The van der Waals surface area contributed by atoms with Crippen LogP contribution in [0.25, 0.3) is 0 Å². The Bertz CT molecular complexity index is 408. The zero-order valence-electron chi connectivity index (χ0n) is 10.6. The van der Waals surface area contributed by atoms with Gasteiger partial charge in [-0.2, -0.15) is 0 Å². The second-order valence-electron chi connectivity index (χ2n) is 4.68. The molecule has 1 saturated heterocycles. The summed E-state index contributed by atoms with van der Waals surface area (Å²) in [6.45, 7) is 3.07. The summed E-state index contributed by atoms with van der Waals surface area (Å²) < 4.78 is 5.17. The normalized spacial score (nSPS) is 22.9. The number of ether oxygens (including phenoxy) is 1. The Morgan fingerprint density at radius 3 is 2.72 bits per heavy atom. The van der Waals surface area contributed by atoms with Crippen LogP contribution in [0.4, 0.5) is 0 Å². The van der Waals surface area contributed by atoms with Crippen LogP contribution in [0.5, 0.6) is 5.75 Å². The van der Waals surface area contributed by atoms with Crippen LogP contribution in [0.3, 0.4) is 0 Å².